The molecule has 148 valence electrons. The largest absolute Gasteiger partial charge is 0.378 e. The molecule has 1 amide bonds. The summed E-state index contributed by atoms with van der Waals surface area (Å²) < 4.78 is 7.78. The monoisotopic (exact) mass is 398 g/mol. The number of thiophene rings is 1. The van der Waals surface area contributed by atoms with Crippen LogP contribution in [0.25, 0.3) is 15.9 Å². The summed E-state index contributed by atoms with van der Waals surface area (Å²) in [6, 6.07) is 12.0. The number of likely N-dealkylation sites (tertiary alicyclic amines) is 1. The molecular weight excluding hydrogens is 372 g/mol. The van der Waals surface area contributed by atoms with Gasteiger partial charge in [0.1, 0.15) is 4.83 Å². The van der Waals surface area contributed by atoms with Gasteiger partial charge in [-0.25, -0.2) is 4.68 Å². The molecule has 1 aliphatic rings. The fourth-order valence-corrected chi connectivity index (χ4v) is 4.76. The molecule has 1 aromatic carbocycles. The number of aryl methyl sites for hydroxylation is 1. The van der Waals surface area contributed by atoms with E-state index in [4.69, 9.17) is 10.5 Å². The molecule has 7 heteroatoms. The average molecular weight is 399 g/mol. The summed E-state index contributed by atoms with van der Waals surface area (Å²) in [7, 11) is 0. The van der Waals surface area contributed by atoms with E-state index in [1.165, 1.54) is 11.3 Å². The third-order valence-electron chi connectivity index (χ3n) is 5.19. The number of amides is 1. The van der Waals surface area contributed by atoms with E-state index in [1.54, 1.807) is 0 Å². The van der Waals surface area contributed by atoms with Crippen molar-refractivity contribution in [1.82, 2.24) is 14.7 Å². The maximum atomic E-state index is 13.0. The van der Waals surface area contributed by atoms with Gasteiger partial charge in [-0.3, -0.25) is 4.79 Å². The Morgan fingerprint density at radius 2 is 2.04 bits per heavy atom. The van der Waals surface area contributed by atoms with Gasteiger partial charge < -0.3 is 15.4 Å². The van der Waals surface area contributed by atoms with Crippen molar-refractivity contribution >= 4 is 27.5 Å². The van der Waals surface area contributed by atoms with Gasteiger partial charge in [-0.15, -0.1) is 11.3 Å². The number of piperidine rings is 1. The van der Waals surface area contributed by atoms with Crippen LogP contribution >= 0.6 is 11.3 Å². The highest BCUT2D eigenvalue weighted by Gasteiger charge is 2.26. The molecule has 1 aliphatic heterocycles. The third kappa shape index (κ3) is 3.83. The number of rotatable bonds is 6. The second kappa shape index (κ2) is 8.43. The Bertz CT molecular complexity index is 942. The highest BCUT2D eigenvalue weighted by molar-refractivity contribution is 7.20. The Morgan fingerprint density at radius 1 is 1.29 bits per heavy atom. The van der Waals surface area contributed by atoms with Crippen LogP contribution in [0.5, 0.6) is 0 Å². The lowest BCUT2D eigenvalue weighted by molar-refractivity contribution is 0.00858. The fourth-order valence-electron chi connectivity index (χ4n) is 3.61. The van der Waals surface area contributed by atoms with Gasteiger partial charge >= 0.3 is 0 Å². The minimum atomic E-state index is 0.112. The number of aromatic nitrogens is 2. The molecule has 1 fully saturated rings. The van der Waals surface area contributed by atoms with E-state index in [1.807, 2.05) is 52.9 Å². The summed E-state index contributed by atoms with van der Waals surface area (Å²) in [6.07, 6.45) is 2.90. The number of benzene rings is 1. The van der Waals surface area contributed by atoms with Gasteiger partial charge in [-0.1, -0.05) is 18.2 Å². The Kier molecular flexibility index (Phi) is 5.75. The molecule has 2 aromatic heterocycles. The van der Waals surface area contributed by atoms with E-state index in [-0.39, 0.29) is 12.0 Å². The number of hydrogen-bond donors (Lipinski definition) is 1. The SMILES string of the molecule is Cc1nn(-c2ccccc2)c2sc(C(=O)N3CCC(OCCCN)CC3)cc12. The zero-order chi connectivity index (χ0) is 19.5. The Labute approximate surface area is 168 Å². The second-order valence-corrected chi connectivity index (χ2v) is 8.20. The topological polar surface area (TPSA) is 73.4 Å². The van der Waals surface area contributed by atoms with E-state index in [2.05, 4.69) is 5.10 Å². The summed E-state index contributed by atoms with van der Waals surface area (Å²) in [5.41, 5.74) is 7.47. The first-order valence-electron chi connectivity index (χ1n) is 9.83. The maximum absolute atomic E-state index is 13.0. The molecule has 0 aliphatic carbocycles. The van der Waals surface area contributed by atoms with Gasteiger partial charge in [-0.2, -0.15) is 5.10 Å². The van der Waals surface area contributed by atoms with Crippen molar-refractivity contribution < 1.29 is 9.53 Å². The predicted molar refractivity (Wildman–Crippen MR) is 112 cm³/mol. The van der Waals surface area contributed by atoms with Crippen LogP contribution in [0.4, 0.5) is 0 Å². The summed E-state index contributed by atoms with van der Waals surface area (Å²) in [6.45, 7) is 4.84. The van der Waals surface area contributed by atoms with Crippen LogP contribution in [0, 0.1) is 6.92 Å². The van der Waals surface area contributed by atoms with Crippen LogP contribution < -0.4 is 5.73 Å². The molecule has 0 bridgehead atoms. The van der Waals surface area contributed by atoms with Crippen molar-refractivity contribution in [2.24, 2.45) is 5.73 Å². The molecular formula is C21H26N4O2S. The van der Waals surface area contributed by atoms with Crippen molar-refractivity contribution in [2.45, 2.75) is 32.3 Å². The molecule has 6 nitrogen and oxygen atoms in total. The lowest BCUT2D eigenvalue weighted by Crippen LogP contribution is -2.40. The smallest absolute Gasteiger partial charge is 0.264 e. The maximum Gasteiger partial charge on any atom is 0.264 e. The molecule has 3 aromatic rings. The van der Waals surface area contributed by atoms with Crippen molar-refractivity contribution in [2.75, 3.05) is 26.2 Å². The molecule has 0 atom stereocenters. The molecule has 28 heavy (non-hydrogen) atoms. The number of para-hydroxylation sites is 1. The number of nitrogens with two attached hydrogens (primary N) is 1. The molecule has 0 radical (unpaired) electrons. The zero-order valence-electron chi connectivity index (χ0n) is 16.1. The minimum absolute atomic E-state index is 0.112. The van der Waals surface area contributed by atoms with Gasteiger partial charge in [0.05, 0.1) is 22.4 Å². The number of hydrogen-bond acceptors (Lipinski definition) is 5. The van der Waals surface area contributed by atoms with Gasteiger partial charge in [0.25, 0.3) is 5.91 Å². The van der Waals surface area contributed by atoms with Crippen LogP contribution in [0.2, 0.25) is 0 Å². The summed E-state index contributed by atoms with van der Waals surface area (Å²) in [5, 5.41) is 5.71. The standard InChI is InChI=1S/C21H26N4O2S/c1-15-18-14-19(28-21(18)25(23-15)16-6-3-2-4-7-16)20(26)24-11-8-17(9-12-24)27-13-5-10-22/h2-4,6-7,14,17H,5,8-13,22H2,1H3. The van der Waals surface area contributed by atoms with Gasteiger partial charge in [0.2, 0.25) is 0 Å². The molecule has 4 rings (SSSR count). The van der Waals surface area contributed by atoms with Crippen molar-refractivity contribution in [1.29, 1.82) is 0 Å². The van der Waals surface area contributed by atoms with E-state index in [0.717, 1.165) is 58.8 Å². The Morgan fingerprint density at radius 3 is 2.75 bits per heavy atom. The first-order valence-corrected chi connectivity index (χ1v) is 10.6. The normalized spacial score (nSPS) is 15.4. The number of fused-ring (bicyclic) bond motifs is 1. The van der Waals surface area contributed by atoms with E-state index < -0.39 is 0 Å². The van der Waals surface area contributed by atoms with Crippen LogP contribution in [0.15, 0.2) is 36.4 Å². The number of carbonyl (C=O) groups is 1. The van der Waals surface area contributed by atoms with Crippen LogP contribution in [-0.4, -0.2) is 52.9 Å². The van der Waals surface area contributed by atoms with E-state index >= 15 is 0 Å². The highest BCUT2D eigenvalue weighted by Crippen LogP contribution is 2.31. The molecule has 0 unspecified atom stereocenters. The van der Waals surface area contributed by atoms with E-state index in [0.29, 0.717) is 13.2 Å². The van der Waals surface area contributed by atoms with Gasteiger partial charge in [0.15, 0.2) is 0 Å². The average Bonchev–Trinajstić information content (AvgIpc) is 3.29. The van der Waals surface area contributed by atoms with E-state index in [9.17, 15) is 4.79 Å². The summed E-state index contributed by atoms with van der Waals surface area (Å²) >= 11 is 1.52. The van der Waals surface area contributed by atoms with Crippen molar-refractivity contribution in [3.8, 4) is 5.69 Å². The van der Waals surface area contributed by atoms with Crippen LogP contribution in [0.1, 0.15) is 34.6 Å². The van der Waals surface area contributed by atoms with Crippen molar-refractivity contribution in [3.05, 3.63) is 47.0 Å². The number of nitrogens with zero attached hydrogens (tertiary/aromatic N) is 3. The second-order valence-electron chi connectivity index (χ2n) is 7.17. The molecule has 2 N–H and O–H groups in total. The zero-order valence-corrected chi connectivity index (χ0v) is 17.0. The molecule has 0 saturated carbocycles. The lowest BCUT2D eigenvalue weighted by atomic mass is 10.1. The van der Waals surface area contributed by atoms with Gasteiger partial charge in [0, 0.05) is 25.1 Å². The number of carbonyl (C=O) groups excluding carboxylic acids is 1. The Hall–Kier alpha value is -2.22. The molecule has 0 spiro atoms. The first-order chi connectivity index (χ1) is 13.7. The lowest BCUT2D eigenvalue weighted by Gasteiger charge is -2.31. The van der Waals surface area contributed by atoms with Crippen molar-refractivity contribution in [3.63, 3.8) is 0 Å². The number of ether oxygens (including phenoxy) is 1. The fraction of sp³-hybridized carbons (Fsp3) is 0.429. The summed E-state index contributed by atoms with van der Waals surface area (Å²) in [4.78, 5) is 16.8. The third-order valence-corrected chi connectivity index (χ3v) is 6.29. The quantitative estimate of drug-likeness (QED) is 0.646. The molecule has 3 heterocycles. The predicted octanol–water partition coefficient (Wildman–Crippen LogP) is 3.37. The first kappa shape index (κ1) is 19.1. The minimum Gasteiger partial charge on any atom is -0.378 e. The highest BCUT2D eigenvalue weighted by atomic mass is 32.1. The van der Waals surface area contributed by atoms with Crippen LogP contribution in [-0.2, 0) is 4.74 Å². The van der Waals surface area contributed by atoms with Crippen LogP contribution in [0.3, 0.4) is 0 Å². The summed E-state index contributed by atoms with van der Waals surface area (Å²) in [5.74, 6) is 0.112. The Balaban J connectivity index is 1.48. The molecule has 1 saturated heterocycles. The van der Waals surface area contributed by atoms with Gasteiger partial charge in [-0.05, 0) is 50.9 Å².